The van der Waals surface area contributed by atoms with Crippen molar-refractivity contribution in [2.24, 2.45) is 0 Å². The molecular weight excluding hydrogens is 325 g/mol. The van der Waals surface area contributed by atoms with Crippen LogP contribution in [0.2, 0.25) is 0 Å². The number of carbonyl (C=O) groups is 3. The first kappa shape index (κ1) is 20.2. The molecule has 1 aliphatic rings. The third-order valence-electron chi connectivity index (χ3n) is 3.51. The molecule has 0 bridgehead atoms. The van der Waals surface area contributed by atoms with Gasteiger partial charge in [0.15, 0.2) is 5.91 Å². The second kappa shape index (κ2) is 9.48. The molecule has 1 N–H and O–H groups in total. The van der Waals surface area contributed by atoms with Crippen LogP contribution in [0.5, 0.6) is 0 Å². The minimum Gasteiger partial charge on any atom is -0.465 e. The van der Waals surface area contributed by atoms with Gasteiger partial charge in [-0.25, -0.2) is 4.79 Å². The summed E-state index contributed by atoms with van der Waals surface area (Å²) in [6, 6.07) is 2.86. The molecule has 1 saturated heterocycles. The van der Waals surface area contributed by atoms with Gasteiger partial charge in [0.05, 0.1) is 12.7 Å². The maximum atomic E-state index is 12.1. The van der Waals surface area contributed by atoms with Crippen LogP contribution in [0.15, 0.2) is 18.3 Å². The Bertz CT molecular complexity index is 577. The van der Waals surface area contributed by atoms with Gasteiger partial charge in [0.1, 0.15) is 5.69 Å². The predicted octanol–water partition coefficient (Wildman–Crippen LogP) is -2.57. The first-order valence-corrected chi connectivity index (χ1v) is 6.97. The monoisotopic (exact) mass is 343 g/mol. The van der Waals surface area contributed by atoms with Gasteiger partial charge in [0.2, 0.25) is 0 Å². The van der Waals surface area contributed by atoms with Crippen LogP contribution < -0.4 is 56.7 Å². The molecule has 7 nitrogen and oxygen atoms in total. The number of pyridine rings is 1. The first-order valence-electron chi connectivity index (χ1n) is 6.97. The van der Waals surface area contributed by atoms with Crippen LogP contribution in [-0.4, -0.2) is 53.9 Å². The molecule has 23 heavy (non-hydrogen) atoms. The van der Waals surface area contributed by atoms with Crippen LogP contribution in [-0.2, 0) is 9.53 Å². The molecule has 1 aromatic heterocycles. The molecule has 0 aromatic carbocycles. The average molecular weight is 343 g/mol. The van der Waals surface area contributed by atoms with E-state index >= 15 is 0 Å². The smallest absolute Gasteiger partial charge is 0.465 e. The van der Waals surface area contributed by atoms with Crippen molar-refractivity contribution in [1.82, 2.24) is 15.2 Å². The Hall–Kier alpha value is -0.804. The van der Waals surface area contributed by atoms with Crippen molar-refractivity contribution in [3.05, 3.63) is 36.5 Å². The molecule has 118 valence electrons. The number of carbonyl (C=O) groups excluding carboxylic acids is 3. The molecule has 0 saturated carbocycles. The summed E-state index contributed by atoms with van der Waals surface area (Å²) in [6.45, 7) is 4.67. The number of rotatable bonds is 4. The number of likely N-dealkylation sites (tertiary alicyclic amines) is 1. The molecular formula is C15H18KN3O4. The summed E-state index contributed by atoms with van der Waals surface area (Å²) in [6.07, 6.45) is 2.23. The van der Waals surface area contributed by atoms with Crippen LogP contribution in [0.3, 0.4) is 0 Å². The number of hydrogen-bond acceptors (Lipinski definition) is 5. The zero-order valence-electron chi connectivity index (χ0n) is 13.4. The molecule has 1 aromatic rings. The fourth-order valence-corrected chi connectivity index (χ4v) is 2.29. The molecule has 8 heteroatoms. The van der Waals surface area contributed by atoms with Gasteiger partial charge in [-0.3, -0.25) is 14.6 Å². The van der Waals surface area contributed by atoms with Crippen molar-refractivity contribution in [2.45, 2.75) is 18.9 Å². The zero-order valence-corrected chi connectivity index (χ0v) is 16.5. The fourth-order valence-electron chi connectivity index (χ4n) is 2.29. The Balaban J connectivity index is 0.00000264. The second-order valence-corrected chi connectivity index (χ2v) is 4.97. The Morgan fingerprint density at radius 1 is 1.43 bits per heavy atom. The van der Waals surface area contributed by atoms with Crippen molar-refractivity contribution in [3.63, 3.8) is 0 Å². The van der Waals surface area contributed by atoms with E-state index in [2.05, 4.69) is 22.0 Å². The Labute approximate surface area is 177 Å². The minimum atomic E-state index is -0.502. The van der Waals surface area contributed by atoms with E-state index in [9.17, 15) is 14.4 Å². The van der Waals surface area contributed by atoms with E-state index in [-0.39, 0.29) is 86.9 Å². The van der Waals surface area contributed by atoms with Crippen LogP contribution in [0.4, 0.5) is 0 Å². The van der Waals surface area contributed by atoms with Crippen molar-refractivity contribution >= 4 is 17.8 Å². The van der Waals surface area contributed by atoms with Crippen LogP contribution in [0, 0.1) is 6.92 Å². The quantitative estimate of drug-likeness (QED) is 0.369. The normalized spacial score (nSPS) is 16.4. The largest absolute Gasteiger partial charge is 1.00 e. The van der Waals surface area contributed by atoms with E-state index in [1.165, 1.54) is 25.4 Å². The number of aromatic nitrogens is 1. The Kier molecular flexibility index (Phi) is 8.34. The van der Waals surface area contributed by atoms with Crippen molar-refractivity contribution in [1.29, 1.82) is 0 Å². The van der Waals surface area contributed by atoms with Gasteiger partial charge in [0, 0.05) is 25.3 Å². The molecule has 1 atom stereocenters. The summed E-state index contributed by atoms with van der Waals surface area (Å²) in [7, 11) is 1.28. The van der Waals surface area contributed by atoms with E-state index in [0.29, 0.717) is 19.5 Å². The average Bonchev–Trinajstić information content (AvgIpc) is 3.01. The van der Waals surface area contributed by atoms with Crippen molar-refractivity contribution in [3.8, 4) is 0 Å². The Morgan fingerprint density at radius 3 is 2.74 bits per heavy atom. The second-order valence-electron chi connectivity index (χ2n) is 4.97. The van der Waals surface area contributed by atoms with Crippen LogP contribution in [0.25, 0.3) is 0 Å². The predicted molar refractivity (Wildman–Crippen MR) is 78.0 cm³/mol. The number of hydrogen-bond donors (Lipinski definition) is 1. The van der Waals surface area contributed by atoms with Gasteiger partial charge in [-0.05, 0) is 18.6 Å². The summed E-state index contributed by atoms with van der Waals surface area (Å²) < 4.78 is 4.57. The molecule has 1 aliphatic heterocycles. The molecule has 0 spiro atoms. The van der Waals surface area contributed by atoms with Crippen LogP contribution >= 0.6 is 0 Å². The van der Waals surface area contributed by atoms with Crippen LogP contribution in [0.1, 0.15) is 33.7 Å². The maximum Gasteiger partial charge on any atom is 1.00 e. The van der Waals surface area contributed by atoms with E-state index < -0.39 is 5.97 Å². The number of esters is 1. The molecule has 1 unspecified atom stereocenters. The van der Waals surface area contributed by atoms with Gasteiger partial charge in [-0.1, -0.05) is 0 Å². The maximum absolute atomic E-state index is 12.1. The molecule has 2 heterocycles. The summed E-state index contributed by atoms with van der Waals surface area (Å²) in [5.74, 6) is -0.847. The minimum absolute atomic E-state index is 0. The van der Waals surface area contributed by atoms with Gasteiger partial charge in [-0.2, -0.15) is 0 Å². The Morgan fingerprint density at radius 2 is 2.17 bits per heavy atom. The molecule has 0 radical (unpaired) electrons. The molecule has 2 rings (SSSR count). The molecule has 1 fully saturated rings. The third kappa shape index (κ3) is 5.35. The van der Waals surface area contributed by atoms with Gasteiger partial charge < -0.3 is 21.9 Å². The van der Waals surface area contributed by atoms with E-state index in [1.807, 2.05) is 0 Å². The number of amides is 2. The summed E-state index contributed by atoms with van der Waals surface area (Å²) in [5.41, 5.74) is 0.502. The summed E-state index contributed by atoms with van der Waals surface area (Å²) >= 11 is 0. The van der Waals surface area contributed by atoms with Gasteiger partial charge in [-0.15, -0.1) is 6.42 Å². The SMILES string of the molecule is [CH2-]CC(=O)N1CCC(NC(=O)c2ccc(C(=O)OC)cn2)C1.[K+]. The van der Waals surface area contributed by atoms with E-state index in [1.54, 1.807) is 4.90 Å². The standard InChI is InChI=1S/C15H18N3O4.K/c1-3-13(19)18-7-6-11(9-18)17-14(20)12-5-4-10(8-16-12)15(21)22-2;/h4-5,8,11H,1,3,6-7,9H2,2H3,(H,17,20);/q-1;+1. The summed E-state index contributed by atoms with van der Waals surface area (Å²) in [4.78, 5) is 40.6. The number of methoxy groups -OCH3 is 1. The molecule has 0 aliphatic carbocycles. The zero-order chi connectivity index (χ0) is 16.1. The number of nitrogens with zero attached hydrogens (tertiary/aromatic N) is 2. The number of ether oxygens (including phenoxy) is 1. The third-order valence-corrected chi connectivity index (χ3v) is 3.51. The number of nitrogens with one attached hydrogen (secondary N) is 1. The van der Waals surface area contributed by atoms with E-state index in [4.69, 9.17) is 0 Å². The summed E-state index contributed by atoms with van der Waals surface area (Å²) in [5, 5.41) is 2.83. The molecule has 2 amide bonds. The first-order chi connectivity index (χ1) is 10.5. The topological polar surface area (TPSA) is 88.6 Å². The van der Waals surface area contributed by atoms with Gasteiger partial charge in [0.25, 0.3) is 5.91 Å². The van der Waals surface area contributed by atoms with Crippen molar-refractivity contribution in [2.75, 3.05) is 20.2 Å². The van der Waals surface area contributed by atoms with Gasteiger partial charge >= 0.3 is 57.4 Å². The van der Waals surface area contributed by atoms with E-state index in [0.717, 1.165) is 0 Å². The van der Waals surface area contributed by atoms with Crippen molar-refractivity contribution < 1.29 is 70.5 Å². The fraction of sp³-hybridized carbons (Fsp3) is 0.400.